The molecule has 19 heavy (non-hydrogen) atoms. The molecule has 0 amide bonds. The van der Waals surface area contributed by atoms with Crippen LogP contribution in [0.3, 0.4) is 0 Å². The third-order valence-electron chi connectivity index (χ3n) is 3.03. The van der Waals surface area contributed by atoms with Gasteiger partial charge in [0.15, 0.2) is 6.04 Å². The lowest BCUT2D eigenvalue weighted by atomic mass is 10.0. The van der Waals surface area contributed by atoms with Crippen LogP contribution >= 0.6 is 0 Å². The summed E-state index contributed by atoms with van der Waals surface area (Å²) >= 11 is 0. The van der Waals surface area contributed by atoms with Crippen molar-refractivity contribution in [3.05, 3.63) is 60.2 Å². The number of carboxylic acids is 1. The molecule has 0 radical (unpaired) electrons. The highest BCUT2D eigenvalue weighted by atomic mass is 16.4. The number of nitrogens with one attached hydrogen (secondary N) is 1. The normalized spacial score (nSPS) is 17.1. The van der Waals surface area contributed by atoms with Crippen LogP contribution in [0.1, 0.15) is 5.56 Å². The molecule has 2 aromatic carbocycles. The standard InChI is InChI=1S/C15H12N2O2/c18-15(19)14-13(10-6-2-1-3-7-10)16-11-8-4-5-9-12(11)17-14/h1-9,14,17H,(H,18,19). The zero-order valence-electron chi connectivity index (χ0n) is 10.1. The van der Waals surface area contributed by atoms with E-state index in [4.69, 9.17) is 0 Å². The van der Waals surface area contributed by atoms with Crippen LogP contribution in [0.25, 0.3) is 0 Å². The molecule has 1 aliphatic rings. The summed E-state index contributed by atoms with van der Waals surface area (Å²) < 4.78 is 0. The van der Waals surface area contributed by atoms with Gasteiger partial charge in [-0.15, -0.1) is 0 Å². The number of benzene rings is 2. The summed E-state index contributed by atoms with van der Waals surface area (Å²) in [6.07, 6.45) is 0. The largest absolute Gasteiger partial charge is 0.479 e. The van der Waals surface area contributed by atoms with E-state index in [2.05, 4.69) is 10.3 Å². The number of rotatable bonds is 2. The summed E-state index contributed by atoms with van der Waals surface area (Å²) in [4.78, 5) is 15.9. The van der Waals surface area contributed by atoms with Crippen molar-refractivity contribution in [3.63, 3.8) is 0 Å². The van der Waals surface area contributed by atoms with Crippen LogP contribution < -0.4 is 5.32 Å². The molecule has 4 heteroatoms. The number of carbonyl (C=O) groups is 1. The summed E-state index contributed by atoms with van der Waals surface area (Å²) in [5.41, 5.74) is 2.86. The second kappa shape index (κ2) is 4.57. The number of hydrogen-bond donors (Lipinski definition) is 2. The quantitative estimate of drug-likeness (QED) is 0.863. The Morgan fingerprint density at radius 3 is 2.47 bits per heavy atom. The summed E-state index contributed by atoms with van der Waals surface area (Å²) in [5, 5.41) is 12.4. The van der Waals surface area contributed by atoms with E-state index in [1.807, 2.05) is 54.6 Å². The van der Waals surface area contributed by atoms with Crippen molar-refractivity contribution < 1.29 is 9.90 Å². The highest BCUT2D eigenvalue weighted by Crippen LogP contribution is 2.30. The van der Waals surface area contributed by atoms with E-state index < -0.39 is 12.0 Å². The van der Waals surface area contributed by atoms with Gasteiger partial charge in [0.2, 0.25) is 0 Å². The SMILES string of the molecule is O=C(O)C1Nc2ccccc2N=C1c1ccccc1. The summed E-state index contributed by atoms with van der Waals surface area (Å²) in [6, 6.07) is 16.0. The molecule has 4 nitrogen and oxygen atoms in total. The molecule has 0 aliphatic carbocycles. The molecule has 0 saturated carbocycles. The van der Waals surface area contributed by atoms with Crippen LogP contribution in [0, 0.1) is 0 Å². The maximum Gasteiger partial charge on any atom is 0.332 e. The van der Waals surface area contributed by atoms with E-state index in [0.29, 0.717) is 5.71 Å². The number of para-hydroxylation sites is 2. The Labute approximate surface area is 110 Å². The van der Waals surface area contributed by atoms with E-state index in [0.717, 1.165) is 16.9 Å². The molecule has 1 heterocycles. The second-order valence-electron chi connectivity index (χ2n) is 4.30. The van der Waals surface area contributed by atoms with Crippen LogP contribution in [-0.4, -0.2) is 22.8 Å². The first kappa shape index (κ1) is 11.5. The fourth-order valence-corrected chi connectivity index (χ4v) is 2.13. The average Bonchev–Trinajstić information content (AvgIpc) is 2.46. The third-order valence-corrected chi connectivity index (χ3v) is 3.03. The molecule has 0 saturated heterocycles. The lowest BCUT2D eigenvalue weighted by Crippen LogP contribution is -2.39. The molecule has 0 bridgehead atoms. The minimum Gasteiger partial charge on any atom is -0.479 e. The first-order valence-electron chi connectivity index (χ1n) is 5.98. The van der Waals surface area contributed by atoms with Gasteiger partial charge in [0.25, 0.3) is 0 Å². The van der Waals surface area contributed by atoms with Gasteiger partial charge in [-0.3, -0.25) is 0 Å². The van der Waals surface area contributed by atoms with Gasteiger partial charge >= 0.3 is 5.97 Å². The van der Waals surface area contributed by atoms with Crippen LogP contribution in [0.15, 0.2) is 59.6 Å². The summed E-state index contributed by atoms with van der Waals surface area (Å²) in [5.74, 6) is -0.933. The Bertz CT molecular complexity index is 650. The average molecular weight is 252 g/mol. The monoisotopic (exact) mass is 252 g/mol. The molecular weight excluding hydrogens is 240 g/mol. The molecule has 0 fully saturated rings. The summed E-state index contributed by atoms with van der Waals surface area (Å²) in [6.45, 7) is 0. The topological polar surface area (TPSA) is 61.7 Å². The van der Waals surface area contributed by atoms with Gasteiger partial charge < -0.3 is 10.4 Å². The molecule has 0 spiro atoms. The van der Waals surface area contributed by atoms with E-state index in [-0.39, 0.29) is 0 Å². The van der Waals surface area contributed by atoms with Crippen LogP contribution in [0.4, 0.5) is 11.4 Å². The Morgan fingerprint density at radius 1 is 1.05 bits per heavy atom. The summed E-state index contributed by atoms with van der Waals surface area (Å²) in [7, 11) is 0. The minimum absolute atomic E-state index is 0.534. The first-order chi connectivity index (χ1) is 9.25. The molecule has 1 aliphatic heterocycles. The fraction of sp³-hybridized carbons (Fsp3) is 0.0667. The predicted molar refractivity (Wildman–Crippen MR) is 74.1 cm³/mol. The third kappa shape index (κ3) is 2.08. The maximum absolute atomic E-state index is 11.4. The number of fused-ring (bicyclic) bond motifs is 1. The van der Waals surface area contributed by atoms with Crippen molar-refractivity contribution in [2.45, 2.75) is 6.04 Å². The molecule has 94 valence electrons. The smallest absolute Gasteiger partial charge is 0.332 e. The molecule has 1 atom stereocenters. The van der Waals surface area contributed by atoms with Gasteiger partial charge in [-0.25, -0.2) is 9.79 Å². The number of aliphatic imine (C=N–C) groups is 1. The van der Waals surface area contributed by atoms with Crippen molar-refractivity contribution >= 4 is 23.1 Å². The number of aliphatic carboxylic acids is 1. The lowest BCUT2D eigenvalue weighted by molar-refractivity contribution is -0.136. The van der Waals surface area contributed by atoms with E-state index in [1.165, 1.54) is 0 Å². The van der Waals surface area contributed by atoms with Gasteiger partial charge in [-0.05, 0) is 17.7 Å². The Hall–Kier alpha value is -2.62. The number of nitrogens with zero attached hydrogens (tertiary/aromatic N) is 1. The van der Waals surface area contributed by atoms with Crippen molar-refractivity contribution in [1.82, 2.24) is 0 Å². The zero-order valence-corrected chi connectivity index (χ0v) is 10.1. The molecule has 0 aromatic heterocycles. The number of hydrogen-bond acceptors (Lipinski definition) is 3. The lowest BCUT2D eigenvalue weighted by Gasteiger charge is -2.24. The van der Waals surface area contributed by atoms with Crippen molar-refractivity contribution in [2.75, 3.05) is 5.32 Å². The molecule has 2 aromatic rings. The van der Waals surface area contributed by atoms with E-state index in [9.17, 15) is 9.90 Å². The Kier molecular flexibility index (Phi) is 2.76. The Balaban J connectivity index is 2.13. The van der Waals surface area contributed by atoms with Crippen molar-refractivity contribution in [1.29, 1.82) is 0 Å². The zero-order chi connectivity index (χ0) is 13.2. The van der Waals surface area contributed by atoms with Gasteiger partial charge in [0.05, 0.1) is 17.1 Å². The predicted octanol–water partition coefficient (Wildman–Crippen LogP) is 2.69. The van der Waals surface area contributed by atoms with E-state index in [1.54, 1.807) is 0 Å². The fourth-order valence-electron chi connectivity index (χ4n) is 2.13. The van der Waals surface area contributed by atoms with Gasteiger partial charge in [-0.2, -0.15) is 0 Å². The van der Waals surface area contributed by atoms with Crippen molar-refractivity contribution in [2.24, 2.45) is 4.99 Å². The van der Waals surface area contributed by atoms with Crippen LogP contribution in [-0.2, 0) is 4.79 Å². The van der Waals surface area contributed by atoms with Crippen LogP contribution in [0.2, 0.25) is 0 Å². The highest BCUT2D eigenvalue weighted by molar-refractivity contribution is 6.19. The first-order valence-corrected chi connectivity index (χ1v) is 5.98. The van der Waals surface area contributed by atoms with E-state index >= 15 is 0 Å². The van der Waals surface area contributed by atoms with Gasteiger partial charge in [0, 0.05) is 0 Å². The number of carboxylic acid groups (broad SMARTS) is 1. The van der Waals surface area contributed by atoms with Gasteiger partial charge in [0.1, 0.15) is 0 Å². The van der Waals surface area contributed by atoms with Crippen LogP contribution in [0.5, 0.6) is 0 Å². The molecular formula is C15H12N2O2. The number of anilines is 1. The maximum atomic E-state index is 11.4. The molecule has 2 N–H and O–H groups in total. The molecule has 1 unspecified atom stereocenters. The van der Waals surface area contributed by atoms with Crippen molar-refractivity contribution in [3.8, 4) is 0 Å². The highest BCUT2D eigenvalue weighted by Gasteiger charge is 2.29. The molecule has 3 rings (SSSR count). The Morgan fingerprint density at radius 2 is 1.74 bits per heavy atom. The minimum atomic E-state index is -0.933. The second-order valence-corrected chi connectivity index (χ2v) is 4.30. The van der Waals surface area contributed by atoms with Gasteiger partial charge in [-0.1, -0.05) is 42.5 Å².